The van der Waals surface area contributed by atoms with Gasteiger partial charge in [-0.25, -0.2) is 0 Å². The number of fused-ring (bicyclic) bond motifs is 2. The maximum Gasteiger partial charge on any atom is 0.303 e. The van der Waals surface area contributed by atoms with Crippen molar-refractivity contribution < 1.29 is 24.5 Å². The predicted molar refractivity (Wildman–Crippen MR) is 67.1 cm³/mol. The third kappa shape index (κ3) is 1.99. The zero-order valence-corrected chi connectivity index (χ0v) is 10.6. The number of rotatable bonds is 4. The van der Waals surface area contributed by atoms with E-state index in [9.17, 15) is 9.90 Å². The third-order valence-electron chi connectivity index (χ3n) is 3.70. The first kappa shape index (κ1) is 12.1. The van der Waals surface area contributed by atoms with Crippen LogP contribution in [0.5, 0.6) is 17.2 Å². The number of ether oxygens (including phenoxy) is 2. The molecule has 5 nitrogen and oxygen atoms in total. The predicted octanol–water partition coefficient (Wildman–Crippen LogP) is 1.67. The standard InChI is InChI=1S/C14H16O5/c15-11(16)3-1-2-8-9-4-6-19-14(9)12(17)10-5-7-18-13(8)10/h17H,1-7H2,(H,15,16). The minimum atomic E-state index is -0.788. The zero-order chi connectivity index (χ0) is 13.4. The Morgan fingerprint density at radius 2 is 1.79 bits per heavy atom. The minimum absolute atomic E-state index is 0.144. The highest BCUT2D eigenvalue weighted by atomic mass is 16.5. The topological polar surface area (TPSA) is 76.0 Å². The van der Waals surface area contributed by atoms with Gasteiger partial charge in [-0.3, -0.25) is 4.79 Å². The quantitative estimate of drug-likeness (QED) is 0.865. The lowest BCUT2D eigenvalue weighted by Crippen LogP contribution is -2.00. The maximum absolute atomic E-state index is 10.6. The van der Waals surface area contributed by atoms with Gasteiger partial charge in [-0.1, -0.05) is 0 Å². The fourth-order valence-electron chi connectivity index (χ4n) is 2.86. The number of aliphatic carboxylic acids is 1. The third-order valence-corrected chi connectivity index (χ3v) is 3.70. The molecule has 0 saturated heterocycles. The van der Waals surface area contributed by atoms with Crippen molar-refractivity contribution in [2.75, 3.05) is 13.2 Å². The molecule has 2 heterocycles. The molecule has 3 rings (SSSR count). The van der Waals surface area contributed by atoms with Gasteiger partial charge in [-0.15, -0.1) is 0 Å². The van der Waals surface area contributed by atoms with Crippen molar-refractivity contribution in [2.45, 2.75) is 32.1 Å². The number of carbonyl (C=O) groups is 1. The Kier molecular flexibility index (Phi) is 2.97. The number of benzene rings is 1. The molecule has 0 fully saturated rings. The van der Waals surface area contributed by atoms with E-state index < -0.39 is 5.97 Å². The molecule has 5 heteroatoms. The molecule has 0 saturated carbocycles. The van der Waals surface area contributed by atoms with Gasteiger partial charge in [0.25, 0.3) is 0 Å². The molecule has 1 aromatic carbocycles. The zero-order valence-electron chi connectivity index (χ0n) is 10.6. The van der Waals surface area contributed by atoms with Gasteiger partial charge in [-0.05, 0) is 12.8 Å². The molecule has 19 heavy (non-hydrogen) atoms. The first-order valence-corrected chi connectivity index (χ1v) is 6.55. The van der Waals surface area contributed by atoms with Crippen molar-refractivity contribution in [3.63, 3.8) is 0 Å². The molecule has 2 aliphatic heterocycles. The Morgan fingerprint density at radius 1 is 1.11 bits per heavy atom. The molecule has 0 radical (unpaired) electrons. The SMILES string of the molecule is O=C(O)CCCc1c2c(c(O)c3c1OCC3)OCC2. The maximum atomic E-state index is 10.6. The van der Waals surface area contributed by atoms with Crippen molar-refractivity contribution in [3.05, 3.63) is 16.7 Å². The largest absolute Gasteiger partial charge is 0.504 e. The van der Waals surface area contributed by atoms with Crippen molar-refractivity contribution in [2.24, 2.45) is 0 Å². The summed E-state index contributed by atoms with van der Waals surface area (Å²) in [5.41, 5.74) is 2.83. The molecule has 2 N–H and O–H groups in total. The summed E-state index contributed by atoms with van der Waals surface area (Å²) in [5.74, 6) is 0.757. The number of hydrogen-bond acceptors (Lipinski definition) is 4. The van der Waals surface area contributed by atoms with Gasteiger partial charge >= 0.3 is 5.97 Å². The van der Waals surface area contributed by atoms with Crippen molar-refractivity contribution in [3.8, 4) is 17.2 Å². The normalized spacial score (nSPS) is 15.6. The second-order valence-corrected chi connectivity index (χ2v) is 4.89. The van der Waals surface area contributed by atoms with Crippen molar-refractivity contribution in [1.29, 1.82) is 0 Å². The smallest absolute Gasteiger partial charge is 0.303 e. The molecule has 102 valence electrons. The molecule has 1 aromatic rings. The minimum Gasteiger partial charge on any atom is -0.504 e. The monoisotopic (exact) mass is 264 g/mol. The fourth-order valence-corrected chi connectivity index (χ4v) is 2.86. The van der Waals surface area contributed by atoms with E-state index in [1.165, 1.54) is 0 Å². The average molecular weight is 264 g/mol. The van der Waals surface area contributed by atoms with Crippen molar-refractivity contribution >= 4 is 5.97 Å². The summed E-state index contributed by atoms with van der Waals surface area (Å²) in [5, 5.41) is 18.9. The highest BCUT2D eigenvalue weighted by Gasteiger charge is 2.30. The summed E-state index contributed by atoms with van der Waals surface area (Å²) < 4.78 is 11.1. The second-order valence-electron chi connectivity index (χ2n) is 4.89. The lowest BCUT2D eigenvalue weighted by atomic mass is 9.95. The lowest BCUT2D eigenvalue weighted by Gasteiger charge is -2.14. The summed E-state index contributed by atoms with van der Waals surface area (Å²) in [4.78, 5) is 10.6. The van der Waals surface area contributed by atoms with Gasteiger partial charge in [0.15, 0.2) is 11.5 Å². The van der Waals surface area contributed by atoms with E-state index in [4.69, 9.17) is 14.6 Å². The summed E-state index contributed by atoms with van der Waals surface area (Å²) in [7, 11) is 0. The van der Waals surface area contributed by atoms with Crippen LogP contribution in [0.4, 0.5) is 0 Å². The number of phenolic OH excluding ortho intramolecular Hbond substituents is 1. The molecule has 0 amide bonds. The first-order chi connectivity index (χ1) is 9.18. The van der Waals surface area contributed by atoms with E-state index >= 15 is 0 Å². The number of aromatic hydroxyl groups is 1. The Balaban J connectivity index is 1.96. The highest BCUT2D eigenvalue weighted by molar-refractivity contribution is 5.67. The van der Waals surface area contributed by atoms with Crippen LogP contribution in [-0.2, 0) is 24.1 Å². The van der Waals surface area contributed by atoms with Crippen molar-refractivity contribution in [1.82, 2.24) is 0 Å². The molecule has 0 bridgehead atoms. The van der Waals surface area contributed by atoms with E-state index in [2.05, 4.69) is 0 Å². The van der Waals surface area contributed by atoms with Gasteiger partial charge in [0.05, 0.1) is 13.2 Å². The van der Waals surface area contributed by atoms with Gasteiger partial charge in [0.1, 0.15) is 5.75 Å². The average Bonchev–Trinajstić information content (AvgIpc) is 3.01. The van der Waals surface area contributed by atoms with Crippen LogP contribution in [-0.4, -0.2) is 29.4 Å². The molecular formula is C14H16O5. The van der Waals surface area contributed by atoms with Crippen LogP contribution >= 0.6 is 0 Å². The van der Waals surface area contributed by atoms with E-state index in [1.807, 2.05) is 0 Å². The molecule has 0 unspecified atom stereocenters. The summed E-state index contributed by atoms with van der Waals surface area (Å²) in [6, 6.07) is 0. The van der Waals surface area contributed by atoms with E-state index in [0.29, 0.717) is 38.2 Å². The number of carboxylic acid groups (broad SMARTS) is 1. The highest BCUT2D eigenvalue weighted by Crippen LogP contribution is 2.48. The van der Waals surface area contributed by atoms with Crippen LogP contribution in [0.1, 0.15) is 29.5 Å². The Labute approximate surface area is 110 Å². The lowest BCUT2D eigenvalue weighted by molar-refractivity contribution is -0.137. The van der Waals surface area contributed by atoms with E-state index in [-0.39, 0.29) is 12.2 Å². The van der Waals surface area contributed by atoms with Gasteiger partial charge in [0, 0.05) is 36.0 Å². The van der Waals surface area contributed by atoms with E-state index in [1.54, 1.807) is 0 Å². The Hall–Kier alpha value is -1.91. The first-order valence-electron chi connectivity index (χ1n) is 6.55. The molecule has 0 atom stereocenters. The molecule has 0 aliphatic carbocycles. The van der Waals surface area contributed by atoms with Gasteiger partial charge in [-0.2, -0.15) is 0 Å². The van der Waals surface area contributed by atoms with Crippen LogP contribution in [0, 0.1) is 0 Å². The molecular weight excluding hydrogens is 248 g/mol. The molecule has 0 aromatic heterocycles. The number of carboxylic acids is 1. The van der Waals surface area contributed by atoms with E-state index in [0.717, 1.165) is 28.9 Å². The number of hydrogen-bond donors (Lipinski definition) is 2. The van der Waals surface area contributed by atoms with Crippen LogP contribution in [0.15, 0.2) is 0 Å². The summed E-state index contributed by atoms with van der Waals surface area (Å²) in [6.07, 6.45) is 2.81. The summed E-state index contributed by atoms with van der Waals surface area (Å²) in [6.45, 7) is 1.13. The second kappa shape index (κ2) is 4.64. The van der Waals surface area contributed by atoms with Crippen LogP contribution < -0.4 is 9.47 Å². The summed E-state index contributed by atoms with van der Waals surface area (Å²) >= 11 is 0. The molecule has 2 aliphatic rings. The fraction of sp³-hybridized carbons (Fsp3) is 0.500. The Morgan fingerprint density at radius 3 is 2.53 bits per heavy atom. The molecule has 0 spiro atoms. The number of phenols is 1. The van der Waals surface area contributed by atoms with Crippen LogP contribution in [0.3, 0.4) is 0 Å². The van der Waals surface area contributed by atoms with Gasteiger partial charge in [0.2, 0.25) is 0 Å². The Bertz CT molecular complexity index is 500. The van der Waals surface area contributed by atoms with Crippen LogP contribution in [0.2, 0.25) is 0 Å². The van der Waals surface area contributed by atoms with Gasteiger partial charge < -0.3 is 19.7 Å². The van der Waals surface area contributed by atoms with Crippen LogP contribution in [0.25, 0.3) is 0 Å².